The largest absolute Gasteiger partial charge is 0.456 e. The van der Waals surface area contributed by atoms with E-state index in [1.54, 1.807) is 0 Å². The Morgan fingerprint density at radius 3 is 1.65 bits per heavy atom. The van der Waals surface area contributed by atoms with Gasteiger partial charge in [-0.3, -0.25) is 0 Å². The van der Waals surface area contributed by atoms with E-state index in [9.17, 15) is 0 Å². The van der Waals surface area contributed by atoms with E-state index in [1.807, 2.05) is 0 Å². The Morgan fingerprint density at radius 2 is 0.824 bits per heavy atom. The maximum absolute atomic E-state index is 6.62. The zero-order valence-electron chi connectivity index (χ0n) is 27.7. The van der Waals surface area contributed by atoms with E-state index in [4.69, 9.17) is 4.42 Å². The summed E-state index contributed by atoms with van der Waals surface area (Å²) in [6, 6.07) is 66.3. The van der Waals surface area contributed by atoms with Crippen LogP contribution in [0.15, 0.2) is 186 Å². The van der Waals surface area contributed by atoms with E-state index in [-0.39, 0.29) is 0 Å². The van der Waals surface area contributed by atoms with Crippen molar-refractivity contribution in [3.05, 3.63) is 182 Å². The van der Waals surface area contributed by atoms with Gasteiger partial charge in [-0.2, -0.15) is 0 Å². The lowest BCUT2D eigenvalue weighted by Gasteiger charge is -2.22. The predicted molar refractivity (Wildman–Crippen MR) is 218 cm³/mol. The van der Waals surface area contributed by atoms with Gasteiger partial charge < -0.3 is 4.42 Å². The van der Waals surface area contributed by atoms with Crippen molar-refractivity contribution in [3.63, 3.8) is 0 Å². The van der Waals surface area contributed by atoms with Crippen LogP contribution in [0.2, 0.25) is 0 Å². The minimum atomic E-state index is 0.903. The molecule has 0 saturated carbocycles. The Kier molecular flexibility index (Phi) is 6.02. The van der Waals surface area contributed by atoms with Crippen LogP contribution >= 0.6 is 0 Å². The lowest BCUT2D eigenvalue weighted by Crippen LogP contribution is -1.94. The topological polar surface area (TPSA) is 13.1 Å². The van der Waals surface area contributed by atoms with E-state index in [2.05, 4.69) is 182 Å². The third-order valence-electron chi connectivity index (χ3n) is 10.8. The molecule has 0 N–H and O–H groups in total. The standard InChI is InChI=1S/C50H30O/c1-2-13-31(14-3-1)35-21-10-24-42-46(43-25-12-26-44-50(43)49-36-18-7-5-16-33(36)28-30-45(49)51-44)40-19-8-9-20-41(40)48(47(35)42)39-23-11-22-37-34-17-6-4-15-32(34)27-29-38(37)39/h1-30H. The van der Waals surface area contributed by atoms with Crippen LogP contribution < -0.4 is 0 Å². The van der Waals surface area contributed by atoms with Crippen LogP contribution in [0, 0.1) is 0 Å². The Labute approximate surface area is 294 Å². The minimum absolute atomic E-state index is 0.903. The van der Waals surface area contributed by atoms with Crippen molar-refractivity contribution >= 4 is 75.8 Å². The third-order valence-corrected chi connectivity index (χ3v) is 10.8. The summed E-state index contributed by atoms with van der Waals surface area (Å²) in [6.45, 7) is 0. The first-order valence-corrected chi connectivity index (χ1v) is 17.6. The molecule has 0 amide bonds. The number of fused-ring (bicyclic) bond motifs is 10. The van der Waals surface area contributed by atoms with E-state index in [0.717, 1.165) is 16.6 Å². The zero-order valence-corrected chi connectivity index (χ0v) is 27.7. The molecule has 0 fully saturated rings. The molecule has 0 aliphatic carbocycles. The number of hydrogen-bond acceptors (Lipinski definition) is 1. The Morgan fingerprint density at radius 1 is 0.255 bits per heavy atom. The van der Waals surface area contributed by atoms with Gasteiger partial charge in [-0.15, -0.1) is 0 Å². The van der Waals surface area contributed by atoms with Gasteiger partial charge in [-0.05, 0) is 99.4 Å². The van der Waals surface area contributed by atoms with Crippen molar-refractivity contribution in [1.29, 1.82) is 0 Å². The molecular formula is C50H30O. The second-order valence-electron chi connectivity index (χ2n) is 13.5. The average molecular weight is 647 g/mol. The fourth-order valence-corrected chi connectivity index (χ4v) is 8.71. The van der Waals surface area contributed by atoms with Gasteiger partial charge in [-0.25, -0.2) is 0 Å². The van der Waals surface area contributed by atoms with Gasteiger partial charge in [0, 0.05) is 10.8 Å². The Balaban J connectivity index is 1.36. The lowest BCUT2D eigenvalue weighted by atomic mass is 9.81. The van der Waals surface area contributed by atoms with Gasteiger partial charge in [0.2, 0.25) is 0 Å². The van der Waals surface area contributed by atoms with Crippen LogP contribution in [0.1, 0.15) is 0 Å². The van der Waals surface area contributed by atoms with Crippen LogP contribution in [0.25, 0.3) is 109 Å². The maximum atomic E-state index is 6.62. The molecular weight excluding hydrogens is 617 g/mol. The predicted octanol–water partition coefficient (Wildman–Crippen LogP) is 14.4. The number of hydrogen-bond donors (Lipinski definition) is 0. The molecule has 0 aliphatic rings. The van der Waals surface area contributed by atoms with Gasteiger partial charge in [0.15, 0.2) is 0 Å². The molecule has 1 aromatic heterocycles. The highest BCUT2D eigenvalue weighted by Gasteiger charge is 2.23. The monoisotopic (exact) mass is 646 g/mol. The fourth-order valence-electron chi connectivity index (χ4n) is 8.71. The molecule has 0 spiro atoms. The number of rotatable bonds is 3. The van der Waals surface area contributed by atoms with Crippen molar-refractivity contribution in [2.45, 2.75) is 0 Å². The zero-order chi connectivity index (χ0) is 33.5. The van der Waals surface area contributed by atoms with Crippen molar-refractivity contribution in [2.75, 3.05) is 0 Å². The van der Waals surface area contributed by atoms with Crippen molar-refractivity contribution in [2.24, 2.45) is 0 Å². The molecule has 0 bridgehead atoms. The fraction of sp³-hybridized carbons (Fsp3) is 0. The highest BCUT2D eigenvalue weighted by Crippen LogP contribution is 2.51. The molecule has 10 aromatic carbocycles. The van der Waals surface area contributed by atoms with Crippen molar-refractivity contribution < 1.29 is 4.42 Å². The molecule has 1 heteroatoms. The summed E-state index contributed by atoms with van der Waals surface area (Å²) in [7, 11) is 0. The molecule has 0 atom stereocenters. The maximum Gasteiger partial charge on any atom is 0.136 e. The lowest BCUT2D eigenvalue weighted by molar-refractivity contribution is 0.669. The third kappa shape index (κ3) is 4.09. The first kappa shape index (κ1) is 28.2. The van der Waals surface area contributed by atoms with E-state index < -0.39 is 0 Å². The van der Waals surface area contributed by atoms with Crippen molar-refractivity contribution in [1.82, 2.24) is 0 Å². The summed E-state index contributed by atoms with van der Waals surface area (Å²) in [5.41, 5.74) is 9.16. The SMILES string of the molecule is c1ccc(-c2cccc3c(-c4cccc5oc6ccc7ccccc7c6c45)c4ccccc4c(-c4cccc5c4ccc4ccccc45)c23)cc1. The van der Waals surface area contributed by atoms with Gasteiger partial charge in [0.25, 0.3) is 0 Å². The van der Waals surface area contributed by atoms with Crippen LogP contribution in [-0.2, 0) is 0 Å². The summed E-state index contributed by atoms with van der Waals surface area (Å²) in [5.74, 6) is 0. The molecule has 1 heterocycles. The second-order valence-corrected chi connectivity index (χ2v) is 13.5. The molecule has 11 aromatic rings. The van der Waals surface area contributed by atoms with Gasteiger partial charge in [-0.1, -0.05) is 170 Å². The van der Waals surface area contributed by atoms with Crippen LogP contribution in [0.5, 0.6) is 0 Å². The molecule has 236 valence electrons. The highest BCUT2D eigenvalue weighted by molar-refractivity contribution is 6.31. The van der Waals surface area contributed by atoms with E-state index in [1.165, 1.54) is 92.6 Å². The first-order chi connectivity index (χ1) is 25.3. The summed E-state index contributed by atoms with van der Waals surface area (Å²) in [5, 5.41) is 14.7. The second kappa shape index (κ2) is 10.9. The molecule has 51 heavy (non-hydrogen) atoms. The van der Waals surface area contributed by atoms with Crippen molar-refractivity contribution in [3.8, 4) is 33.4 Å². The normalized spacial score (nSPS) is 11.9. The average Bonchev–Trinajstić information content (AvgIpc) is 3.60. The summed E-state index contributed by atoms with van der Waals surface area (Å²) >= 11 is 0. The number of benzene rings is 10. The molecule has 11 rings (SSSR count). The van der Waals surface area contributed by atoms with E-state index in [0.29, 0.717) is 0 Å². The smallest absolute Gasteiger partial charge is 0.136 e. The van der Waals surface area contributed by atoms with Gasteiger partial charge in [0.05, 0.1) is 0 Å². The molecule has 1 nitrogen and oxygen atoms in total. The Bertz CT molecular complexity index is 3180. The quantitative estimate of drug-likeness (QED) is 0.138. The molecule has 0 unspecified atom stereocenters. The summed E-state index contributed by atoms with van der Waals surface area (Å²) in [4.78, 5) is 0. The molecule has 0 saturated heterocycles. The Hall–Kier alpha value is -6.70. The highest BCUT2D eigenvalue weighted by atomic mass is 16.3. The minimum Gasteiger partial charge on any atom is -0.456 e. The molecule has 0 aliphatic heterocycles. The number of furan rings is 1. The van der Waals surface area contributed by atoms with E-state index >= 15 is 0 Å². The van der Waals surface area contributed by atoms with Gasteiger partial charge >= 0.3 is 0 Å². The summed E-state index contributed by atoms with van der Waals surface area (Å²) < 4.78 is 6.62. The van der Waals surface area contributed by atoms with Crippen LogP contribution in [-0.4, -0.2) is 0 Å². The van der Waals surface area contributed by atoms with Crippen LogP contribution in [0.3, 0.4) is 0 Å². The summed E-state index contributed by atoms with van der Waals surface area (Å²) in [6.07, 6.45) is 0. The molecule has 0 radical (unpaired) electrons. The van der Waals surface area contributed by atoms with Gasteiger partial charge in [0.1, 0.15) is 11.2 Å². The first-order valence-electron chi connectivity index (χ1n) is 17.6. The van der Waals surface area contributed by atoms with Crippen LogP contribution in [0.4, 0.5) is 0 Å².